The lowest BCUT2D eigenvalue weighted by Crippen LogP contribution is -2.12. The standard InChI is InChI=1S/C30H21F2N7S.C21H11F2N7S.C4H10/c31-22-12-24-21(11-20(22)19-10-18(15-34-16-19)14-33-13-17-4-2-1-3-5-17)27(39-38-24)30-36-23-8-9-35-29(28(23)37-30)25-6-7-26(32)40-25;22-13-6-15-12(5-11(13)10-7-24-9-25-8-10)18(30-29-15)21-27-14-3-4-26-20(19(14)28-21)16-1-2-17(23)31-16;1-4(2)3/h1-12,15-16,33H,13-14H2,(H,36,37)(H,38,39);1-9H,(H,27,28)(H,29,30);4H,1-3H3. The Morgan fingerprint density at radius 2 is 1.03 bits per heavy atom. The maximum absolute atomic E-state index is 15.3. The number of hydrogen-bond acceptors (Lipinski definition) is 12. The van der Waals surface area contributed by atoms with Gasteiger partial charge in [-0.05, 0) is 71.6 Å². The summed E-state index contributed by atoms with van der Waals surface area (Å²) in [5.74, 6) is 1.04. The van der Waals surface area contributed by atoms with Gasteiger partial charge in [0.15, 0.2) is 21.9 Å². The molecule has 0 aliphatic heterocycles. The maximum atomic E-state index is 15.3. The number of imidazole rings is 2. The number of hydrogen-bond donors (Lipinski definition) is 5. The lowest BCUT2D eigenvalue weighted by molar-refractivity contribution is 0.632. The molecule has 0 atom stereocenters. The Kier molecular flexibility index (Phi) is 13.5. The summed E-state index contributed by atoms with van der Waals surface area (Å²) in [6, 6.07) is 28.1. The van der Waals surface area contributed by atoms with Crippen molar-refractivity contribution in [2.24, 2.45) is 5.92 Å². The smallest absolute Gasteiger partial charge is 0.177 e. The van der Waals surface area contributed by atoms with E-state index in [0.717, 1.165) is 51.7 Å². The number of nitrogens with zero attached hydrogens (tertiary/aromatic N) is 9. The van der Waals surface area contributed by atoms with E-state index in [1.165, 1.54) is 36.2 Å². The molecule has 0 saturated heterocycles. The fraction of sp³-hybridized carbons (Fsp3) is 0.109. The van der Waals surface area contributed by atoms with Crippen molar-refractivity contribution in [2.45, 2.75) is 33.9 Å². The molecule has 0 bridgehead atoms. The summed E-state index contributed by atoms with van der Waals surface area (Å²) in [5, 5.41) is 18.8. The van der Waals surface area contributed by atoms with Gasteiger partial charge < -0.3 is 15.3 Å². The summed E-state index contributed by atoms with van der Waals surface area (Å²) in [6.45, 7) is 7.82. The third-order valence-electron chi connectivity index (χ3n) is 11.6. The predicted molar refractivity (Wildman–Crippen MR) is 286 cm³/mol. The van der Waals surface area contributed by atoms with Crippen molar-refractivity contribution in [3.8, 4) is 66.4 Å². The lowest BCUT2D eigenvalue weighted by Gasteiger charge is -2.08. The molecule has 0 aliphatic carbocycles. The van der Waals surface area contributed by atoms with Gasteiger partial charge in [0, 0.05) is 95.4 Å². The maximum Gasteiger partial charge on any atom is 0.177 e. The van der Waals surface area contributed by atoms with Gasteiger partial charge in [0.1, 0.15) is 51.8 Å². The van der Waals surface area contributed by atoms with Crippen LogP contribution in [0.5, 0.6) is 0 Å². The van der Waals surface area contributed by atoms with Crippen LogP contribution in [0.4, 0.5) is 17.6 Å². The van der Waals surface area contributed by atoms with E-state index in [1.54, 1.807) is 67.5 Å². The van der Waals surface area contributed by atoms with E-state index in [9.17, 15) is 13.2 Å². The van der Waals surface area contributed by atoms with E-state index in [2.05, 4.69) is 98.5 Å². The van der Waals surface area contributed by atoms with Crippen molar-refractivity contribution in [2.75, 3.05) is 0 Å². The number of thiophene rings is 2. The third kappa shape index (κ3) is 10.3. The number of nitrogens with one attached hydrogen (secondary N) is 5. The van der Waals surface area contributed by atoms with Crippen LogP contribution in [0.1, 0.15) is 31.9 Å². The molecular formula is C55H42F4N14S2. The highest BCUT2D eigenvalue weighted by Gasteiger charge is 2.21. The monoisotopic (exact) mass is 1040 g/mol. The number of aromatic nitrogens is 13. The molecular weight excluding hydrogens is 997 g/mol. The van der Waals surface area contributed by atoms with Gasteiger partial charge in [-0.15, -0.1) is 22.7 Å². The first-order chi connectivity index (χ1) is 36.5. The summed E-state index contributed by atoms with van der Waals surface area (Å²) in [4.78, 5) is 38.4. The second-order valence-electron chi connectivity index (χ2n) is 17.9. The first-order valence-electron chi connectivity index (χ1n) is 23.5. The van der Waals surface area contributed by atoms with Gasteiger partial charge in [-0.25, -0.2) is 28.7 Å². The van der Waals surface area contributed by atoms with Crippen LogP contribution in [-0.4, -0.2) is 65.3 Å². The average Bonchev–Trinajstić information content (AvgIpc) is 4.30. The topological polar surface area (TPSA) is 191 Å². The first-order valence-corrected chi connectivity index (χ1v) is 25.2. The third-order valence-corrected chi connectivity index (χ3v) is 13.4. The zero-order chi connectivity index (χ0) is 51.6. The number of H-pyrrole nitrogens is 4. The van der Waals surface area contributed by atoms with Crippen LogP contribution in [0.15, 0.2) is 141 Å². The summed E-state index contributed by atoms with van der Waals surface area (Å²) in [7, 11) is 0. The molecule has 0 aliphatic rings. The van der Waals surface area contributed by atoms with Gasteiger partial charge in [0.2, 0.25) is 0 Å². The molecule has 13 aromatic rings. The van der Waals surface area contributed by atoms with Gasteiger partial charge in [0.05, 0.1) is 31.8 Å². The minimum absolute atomic E-state index is 0.289. The number of halogens is 4. The minimum Gasteiger partial charge on any atom is -0.336 e. The minimum atomic E-state index is -0.409. The van der Waals surface area contributed by atoms with E-state index in [4.69, 9.17) is 4.98 Å². The lowest BCUT2D eigenvalue weighted by atomic mass is 10.0. The zero-order valence-electron chi connectivity index (χ0n) is 40.1. The van der Waals surface area contributed by atoms with Crippen LogP contribution in [0.2, 0.25) is 0 Å². The molecule has 0 fully saturated rings. The number of benzene rings is 3. The van der Waals surface area contributed by atoms with E-state index in [0.29, 0.717) is 106 Å². The Morgan fingerprint density at radius 1 is 0.520 bits per heavy atom. The van der Waals surface area contributed by atoms with Crippen molar-refractivity contribution in [1.29, 1.82) is 0 Å². The van der Waals surface area contributed by atoms with Gasteiger partial charge in [-0.3, -0.25) is 25.1 Å². The number of pyridine rings is 3. The molecule has 0 amide bonds. The molecule has 5 N–H and O–H groups in total. The Labute approximate surface area is 432 Å². The molecule has 10 aromatic heterocycles. The van der Waals surface area contributed by atoms with E-state index in [1.807, 2.05) is 30.3 Å². The predicted octanol–water partition coefficient (Wildman–Crippen LogP) is 13.5. The van der Waals surface area contributed by atoms with E-state index in [-0.39, 0.29) is 16.1 Å². The van der Waals surface area contributed by atoms with Crippen molar-refractivity contribution in [3.63, 3.8) is 0 Å². The molecule has 14 nitrogen and oxygen atoms in total. The van der Waals surface area contributed by atoms with E-state index >= 15 is 4.39 Å². The normalized spacial score (nSPS) is 11.4. The molecule has 3 aromatic carbocycles. The second-order valence-corrected chi connectivity index (χ2v) is 20.0. The molecule has 0 saturated carbocycles. The van der Waals surface area contributed by atoms with Gasteiger partial charge in [0.25, 0.3) is 0 Å². The van der Waals surface area contributed by atoms with E-state index < -0.39 is 5.82 Å². The first kappa shape index (κ1) is 48.4. The molecule has 20 heteroatoms. The second kappa shape index (κ2) is 20.9. The van der Waals surface area contributed by atoms with Crippen molar-refractivity contribution in [1.82, 2.24) is 70.6 Å². The quantitative estimate of drug-likeness (QED) is 0.0824. The Bertz CT molecular complexity index is 4120. The summed E-state index contributed by atoms with van der Waals surface area (Å²) < 4.78 is 57.2. The van der Waals surface area contributed by atoms with Crippen LogP contribution in [-0.2, 0) is 13.1 Å². The molecule has 0 spiro atoms. The van der Waals surface area contributed by atoms with Crippen LogP contribution in [0, 0.1) is 27.8 Å². The van der Waals surface area contributed by atoms with Crippen LogP contribution < -0.4 is 5.32 Å². The van der Waals surface area contributed by atoms with Crippen LogP contribution in [0.25, 0.3) is 110 Å². The molecule has 372 valence electrons. The van der Waals surface area contributed by atoms with Gasteiger partial charge in [-0.2, -0.15) is 19.0 Å². The van der Waals surface area contributed by atoms with Crippen molar-refractivity contribution < 1.29 is 17.6 Å². The molecule has 75 heavy (non-hydrogen) atoms. The summed E-state index contributed by atoms with van der Waals surface area (Å²) in [5.41, 5.74) is 10.2. The van der Waals surface area contributed by atoms with Crippen molar-refractivity contribution in [3.05, 3.63) is 174 Å². The fourth-order valence-corrected chi connectivity index (χ4v) is 9.79. The molecule has 10 heterocycles. The molecule has 0 unspecified atom stereocenters. The Morgan fingerprint density at radius 3 is 1.55 bits per heavy atom. The van der Waals surface area contributed by atoms with Crippen LogP contribution in [0.3, 0.4) is 0 Å². The fourth-order valence-electron chi connectivity index (χ4n) is 8.34. The average molecular weight is 1040 g/mol. The Hall–Kier alpha value is -8.85. The number of rotatable bonds is 10. The highest BCUT2D eigenvalue weighted by atomic mass is 32.1. The number of aromatic amines is 4. The highest BCUT2D eigenvalue weighted by molar-refractivity contribution is 7.14. The largest absolute Gasteiger partial charge is 0.336 e. The van der Waals surface area contributed by atoms with Crippen molar-refractivity contribution >= 4 is 66.5 Å². The highest BCUT2D eigenvalue weighted by Crippen LogP contribution is 2.37. The summed E-state index contributed by atoms with van der Waals surface area (Å²) in [6.07, 6.45) is 11.2. The van der Waals surface area contributed by atoms with Gasteiger partial charge in [-0.1, -0.05) is 51.1 Å². The Balaban J connectivity index is 0.000000154. The van der Waals surface area contributed by atoms with Gasteiger partial charge >= 0.3 is 0 Å². The molecule has 13 rings (SSSR count). The summed E-state index contributed by atoms with van der Waals surface area (Å²) >= 11 is 2.02. The SMILES string of the molecule is CC(C)C.Fc1ccc(-c2nccc3[nH]c(-c4n[nH]c5cc(F)c(-c6cncc(CNCc7ccccc7)c6)cc45)nc23)s1.Fc1ccc(-c2nccc3[nH]c(-c4n[nH]c5cc(F)c(-c6cncnc6)cc45)nc23)s1. The zero-order valence-corrected chi connectivity index (χ0v) is 41.8. The van der Waals surface area contributed by atoms with Crippen LogP contribution >= 0.6 is 22.7 Å². The number of fused-ring (bicyclic) bond motifs is 4. The molecule has 0 radical (unpaired) electrons.